The van der Waals surface area contributed by atoms with Crippen LogP contribution in [0.2, 0.25) is 0 Å². The van der Waals surface area contributed by atoms with Gasteiger partial charge in [0.1, 0.15) is 9.84 Å². The molecule has 206 valence electrons. The Morgan fingerprint density at radius 3 is 2.30 bits per heavy atom. The van der Waals surface area contributed by atoms with Crippen LogP contribution in [0.1, 0.15) is 70.8 Å². The van der Waals surface area contributed by atoms with Gasteiger partial charge in [0.25, 0.3) is 0 Å². The van der Waals surface area contributed by atoms with Crippen LogP contribution in [0.4, 0.5) is 0 Å². The third kappa shape index (κ3) is 6.22. The average Bonchev–Trinajstić information content (AvgIpc) is 3.17. The molecule has 2 amide bonds. The molecule has 0 unspecified atom stereocenters. The van der Waals surface area contributed by atoms with Gasteiger partial charge in [0.2, 0.25) is 11.8 Å². The number of carbonyl (C=O) groups is 2. The summed E-state index contributed by atoms with van der Waals surface area (Å²) < 4.78 is 23.3. The number of carbonyl (C=O) groups excluding carboxylic acids is 2. The zero-order valence-corrected chi connectivity index (χ0v) is 23.9. The van der Waals surface area contributed by atoms with Crippen LogP contribution in [-0.4, -0.2) is 75.3 Å². The molecule has 0 atom stereocenters. The highest BCUT2D eigenvalue weighted by atomic mass is 32.2. The van der Waals surface area contributed by atoms with Crippen LogP contribution in [0.15, 0.2) is 30.3 Å². The van der Waals surface area contributed by atoms with Crippen LogP contribution in [0.3, 0.4) is 0 Å². The zero-order valence-electron chi connectivity index (χ0n) is 23.1. The fraction of sp³-hybridized carbons (Fsp3) is 0.724. The number of sulfone groups is 1. The second-order valence-electron chi connectivity index (χ2n) is 12.7. The quantitative estimate of drug-likeness (QED) is 0.554. The highest BCUT2D eigenvalue weighted by Crippen LogP contribution is 2.52. The first kappa shape index (κ1) is 28.1. The largest absolute Gasteiger partial charge is 0.355 e. The number of hydrogen-bond acceptors (Lipinski definition) is 5. The molecule has 8 heteroatoms. The van der Waals surface area contributed by atoms with Gasteiger partial charge in [-0.05, 0) is 75.9 Å². The molecule has 1 aliphatic carbocycles. The van der Waals surface area contributed by atoms with Crippen molar-refractivity contribution in [1.29, 1.82) is 0 Å². The van der Waals surface area contributed by atoms with E-state index in [1.54, 1.807) is 0 Å². The fourth-order valence-electron chi connectivity index (χ4n) is 6.60. The minimum atomic E-state index is -2.90. The highest BCUT2D eigenvalue weighted by molar-refractivity contribution is 7.91. The fourth-order valence-corrected chi connectivity index (χ4v) is 8.19. The lowest BCUT2D eigenvalue weighted by Crippen LogP contribution is -2.47. The van der Waals surface area contributed by atoms with Gasteiger partial charge in [0, 0.05) is 37.0 Å². The van der Waals surface area contributed by atoms with E-state index in [0.717, 1.165) is 32.2 Å². The van der Waals surface area contributed by atoms with Crippen molar-refractivity contribution in [3.05, 3.63) is 35.9 Å². The maximum Gasteiger partial charge on any atom is 0.225 e. The molecular weight excluding hydrogens is 486 g/mol. The van der Waals surface area contributed by atoms with E-state index in [1.807, 2.05) is 18.7 Å². The van der Waals surface area contributed by atoms with E-state index in [2.05, 4.69) is 54.6 Å². The SMILES string of the molecule is CN(C)C1(c2ccccc2)CCC2(CC1)CC(=O)N(CCC(C)(C)C(=O)NCC1CCS(=O)(=O)CC1)C2. The lowest BCUT2D eigenvalue weighted by molar-refractivity contribution is -0.132. The summed E-state index contributed by atoms with van der Waals surface area (Å²) in [7, 11) is 1.44. The van der Waals surface area contributed by atoms with E-state index in [0.29, 0.717) is 38.8 Å². The van der Waals surface area contributed by atoms with Gasteiger partial charge in [-0.3, -0.25) is 14.5 Å². The van der Waals surface area contributed by atoms with E-state index in [1.165, 1.54) is 5.56 Å². The van der Waals surface area contributed by atoms with Gasteiger partial charge >= 0.3 is 0 Å². The molecule has 7 nitrogen and oxygen atoms in total. The number of amides is 2. The molecule has 4 rings (SSSR count). The van der Waals surface area contributed by atoms with E-state index < -0.39 is 15.3 Å². The van der Waals surface area contributed by atoms with Crippen molar-refractivity contribution in [3.63, 3.8) is 0 Å². The Morgan fingerprint density at radius 2 is 1.70 bits per heavy atom. The van der Waals surface area contributed by atoms with Gasteiger partial charge < -0.3 is 10.2 Å². The summed E-state index contributed by atoms with van der Waals surface area (Å²) in [5.41, 5.74) is 0.833. The molecule has 3 fully saturated rings. The van der Waals surface area contributed by atoms with Gasteiger partial charge in [-0.25, -0.2) is 8.42 Å². The lowest BCUT2D eigenvalue weighted by atomic mass is 9.64. The second-order valence-corrected chi connectivity index (χ2v) is 15.0. The summed E-state index contributed by atoms with van der Waals surface area (Å²) >= 11 is 0. The molecule has 3 aliphatic rings. The third-order valence-electron chi connectivity index (χ3n) is 9.56. The predicted octanol–water partition coefficient (Wildman–Crippen LogP) is 3.59. The Balaban J connectivity index is 1.29. The minimum absolute atomic E-state index is 0.0152. The van der Waals surface area contributed by atoms with Gasteiger partial charge in [0.15, 0.2) is 0 Å². The number of nitrogens with one attached hydrogen (secondary N) is 1. The van der Waals surface area contributed by atoms with Crippen molar-refractivity contribution in [2.24, 2.45) is 16.7 Å². The van der Waals surface area contributed by atoms with Gasteiger partial charge in [0.05, 0.1) is 11.5 Å². The maximum absolute atomic E-state index is 13.1. The van der Waals surface area contributed by atoms with E-state index in [9.17, 15) is 18.0 Å². The summed E-state index contributed by atoms with van der Waals surface area (Å²) in [5, 5.41) is 3.06. The Hall–Kier alpha value is -1.93. The van der Waals surface area contributed by atoms with Crippen molar-refractivity contribution in [2.75, 3.05) is 45.2 Å². The summed E-state index contributed by atoms with van der Waals surface area (Å²) in [4.78, 5) is 30.3. The van der Waals surface area contributed by atoms with Gasteiger partial charge in [-0.15, -0.1) is 0 Å². The molecule has 0 radical (unpaired) electrons. The van der Waals surface area contributed by atoms with Crippen LogP contribution in [-0.2, 0) is 25.0 Å². The molecule has 2 aliphatic heterocycles. The number of nitrogens with zero attached hydrogens (tertiary/aromatic N) is 2. The Bertz CT molecular complexity index is 1060. The molecule has 0 aromatic heterocycles. The molecule has 1 spiro atoms. The van der Waals surface area contributed by atoms with Crippen LogP contribution < -0.4 is 5.32 Å². The smallest absolute Gasteiger partial charge is 0.225 e. The van der Waals surface area contributed by atoms with Gasteiger partial charge in [-0.1, -0.05) is 44.2 Å². The summed E-state index contributed by atoms with van der Waals surface area (Å²) in [6, 6.07) is 10.8. The predicted molar refractivity (Wildman–Crippen MR) is 147 cm³/mol. The summed E-state index contributed by atoms with van der Waals surface area (Å²) in [6.45, 7) is 5.79. The molecule has 37 heavy (non-hydrogen) atoms. The minimum Gasteiger partial charge on any atom is -0.355 e. The first-order valence-electron chi connectivity index (χ1n) is 13.9. The van der Waals surface area contributed by atoms with Crippen molar-refractivity contribution >= 4 is 21.7 Å². The van der Waals surface area contributed by atoms with Crippen molar-refractivity contribution in [3.8, 4) is 0 Å². The van der Waals surface area contributed by atoms with E-state index in [4.69, 9.17) is 0 Å². The van der Waals surface area contributed by atoms with Crippen LogP contribution in [0, 0.1) is 16.7 Å². The number of likely N-dealkylation sites (tertiary alicyclic amines) is 1. The van der Waals surface area contributed by atoms with E-state index in [-0.39, 0.29) is 40.2 Å². The molecule has 1 N–H and O–H groups in total. The van der Waals surface area contributed by atoms with Gasteiger partial charge in [-0.2, -0.15) is 0 Å². The van der Waals surface area contributed by atoms with Crippen LogP contribution in [0.25, 0.3) is 0 Å². The molecule has 2 saturated heterocycles. The molecule has 0 bridgehead atoms. The molecule has 1 aromatic rings. The zero-order chi connectivity index (χ0) is 26.9. The lowest BCUT2D eigenvalue weighted by Gasteiger charge is -2.49. The number of rotatable bonds is 8. The van der Waals surface area contributed by atoms with E-state index >= 15 is 0 Å². The van der Waals surface area contributed by atoms with Crippen molar-refractivity contribution < 1.29 is 18.0 Å². The molecule has 1 saturated carbocycles. The number of hydrogen-bond donors (Lipinski definition) is 1. The van der Waals surface area contributed by atoms with Crippen LogP contribution >= 0.6 is 0 Å². The number of benzene rings is 1. The molecular formula is C29H45N3O4S. The second kappa shape index (κ2) is 10.7. The first-order chi connectivity index (χ1) is 17.4. The monoisotopic (exact) mass is 531 g/mol. The summed E-state index contributed by atoms with van der Waals surface area (Å²) in [6.07, 6.45) is 6.61. The standard InChI is InChI=1S/C29H45N3O4S/c1-27(2,26(34)30-21-23-10-18-37(35,36)19-11-23)16-17-32-22-28(20-25(32)33)12-14-29(15-13-28,31(3)4)24-8-6-5-7-9-24/h5-9,23H,10-22H2,1-4H3,(H,30,34). The normalized spacial score (nSPS) is 26.1. The summed E-state index contributed by atoms with van der Waals surface area (Å²) in [5.74, 6) is 0.864. The highest BCUT2D eigenvalue weighted by Gasteiger charge is 2.50. The Kier molecular flexibility index (Phi) is 8.11. The Labute approximate surface area is 223 Å². The van der Waals surface area contributed by atoms with Crippen molar-refractivity contribution in [1.82, 2.24) is 15.1 Å². The van der Waals surface area contributed by atoms with Crippen LogP contribution in [0.5, 0.6) is 0 Å². The first-order valence-corrected chi connectivity index (χ1v) is 15.7. The molecule has 2 heterocycles. The third-order valence-corrected chi connectivity index (χ3v) is 11.3. The van der Waals surface area contributed by atoms with Crippen molar-refractivity contribution in [2.45, 2.75) is 70.8 Å². The molecule has 1 aromatic carbocycles. The Morgan fingerprint density at radius 1 is 1.08 bits per heavy atom. The topological polar surface area (TPSA) is 86.8 Å². The average molecular weight is 532 g/mol. The maximum atomic E-state index is 13.1.